The fourth-order valence-corrected chi connectivity index (χ4v) is 1.48. The first-order valence-corrected chi connectivity index (χ1v) is 4.75. The van der Waals surface area contributed by atoms with E-state index in [-0.39, 0.29) is 16.9 Å². The summed E-state index contributed by atoms with van der Waals surface area (Å²) >= 11 is 0. The van der Waals surface area contributed by atoms with Crippen molar-refractivity contribution < 1.29 is 18.1 Å². The molecule has 0 radical (unpaired) electrons. The van der Waals surface area contributed by atoms with E-state index in [1.54, 1.807) is 0 Å². The molecule has 0 bridgehead atoms. The monoisotopic (exact) mass is 257 g/mol. The first-order valence-electron chi connectivity index (χ1n) is 4.75. The molecule has 94 valence electrons. The van der Waals surface area contributed by atoms with Crippen LogP contribution in [0.25, 0.3) is 11.3 Å². The van der Waals surface area contributed by atoms with E-state index in [4.69, 9.17) is 0 Å². The van der Waals surface area contributed by atoms with Gasteiger partial charge in [0.2, 0.25) is 0 Å². The molecule has 0 aliphatic rings. The third kappa shape index (κ3) is 2.17. The van der Waals surface area contributed by atoms with Gasteiger partial charge in [-0.2, -0.15) is 18.3 Å². The van der Waals surface area contributed by atoms with Crippen molar-refractivity contribution in [3.63, 3.8) is 0 Å². The Balaban J connectivity index is 2.52. The Hall–Kier alpha value is -2.38. The predicted molar refractivity (Wildman–Crippen MR) is 55.7 cm³/mol. The number of nitrogens with one attached hydrogen (secondary N) is 1. The van der Waals surface area contributed by atoms with Crippen LogP contribution in [0.1, 0.15) is 5.56 Å². The highest BCUT2D eigenvalue weighted by Gasteiger charge is 2.31. The zero-order valence-electron chi connectivity index (χ0n) is 8.73. The lowest BCUT2D eigenvalue weighted by Gasteiger charge is -2.07. The van der Waals surface area contributed by atoms with Gasteiger partial charge in [0.25, 0.3) is 0 Å². The van der Waals surface area contributed by atoms with E-state index in [0.29, 0.717) is 0 Å². The highest BCUT2D eigenvalue weighted by atomic mass is 19.4. The van der Waals surface area contributed by atoms with E-state index in [0.717, 1.165) is 18.3 Å². The number of aromatic amines is 1. The minimum absolute atomic E-state index is 0.0499. The molecule has 0 aliphatic heterocycles. The van der Waals surface area contributed by atoms with Crippen molar-refractivity contribution in [2.45, 2.75) is 6.18 Å². The third-order valence-electron chi connectivity index (χ3n) is 2.29. The summed E-state index contributed by atoms with van der Waals surface area (Å²) in [5, 5.41) is 16.4. The fourth-order valence-electron chi connectivity index (χ4n) is 1.48. The van der Waals surface area contributed by atoms with Gasteiger partial charge in [0.05, 0.1) is 10.5 Å². The van der Waals surface area contributed by atoms with Crippen LogP contribution in [0.5, 0.6) is 0 Å². The molecule has 1 aromatic heterocycles. The number of hydrogen-bond donors (Lipinski definition) is 1. The molecule has 0 aliphatic carbocycles. The van der Waals surface area contributed by atoms with Gasteiger partial charge in [-0.1, -0.05) is 12.1 Å². The molecule has 5 nitrogen and oxygen atoms in total. The van der Waals surface area contributed by atoms with E-state index in [2.05, 4.69) is 10.2 Å². The molecule has 1 N–H and O–H groups in total. The highest BCUT2D eigenvalue weighted by Crippen LogP contribution is 2.33. The molecule has 0 atom stereocenters. The Morgan fingerprint density at radius 3 is 2.67 bits per heavy atom. The number of nitro groups is 1. The molecule has 2 aromatic rings. The van der Waals surface area contributed by atoms with Crippen LogP contribution < -0.4 is 0 Å². The van der Waals surface area contributed by atoms with E-state index >= 15 is 0 Å². The van der Waals surface area contributed by atoms with Crippen LogP contribution in [0, 0.1) is 10.1 Å². The van der Waals surface area contributed by atoms with E-state index in [1.807, 2.05) is 0 Å². The molecule has 1 aromatic carbocycles. The molecule has 1 heterocycles. The topological polar surface area (TPSA) is 71.8 Å². The van der Waals surface area contributed by atoms with Crippen molar-refractivity contribution in [2.24, 2.45) is 0 Å². The van der Waals surface area contributed by atoms with Crippen molar-refractivity contribution in [3.05, 3.63) is 46.1 Å². The third-order valence-corrected chi connectivity index (χ3v) is 2.29. The number of alkyl halides is 3. The Morgan fingerprint density at radius 1 is 1.33 bits per heavy atom. The number of benzene rings is 1. The van der Waals surface area contributed by atoms with Crippen LogP contribution in [-0.4, -0.2) is 15.1 Å². The lowest BCUT2D eigenvalue weighted by molar-refractivity contribution is -0.384. The van der Waals surface area contributed by atoms with E-state index in [1.165, 1.54) is 12.1 Å². The van der Waals surface area contributed by atoms with Crippen molar-refractivity contribution in [1.82, 2.24) is 10.2 Å². The van der Waals surface area contributed by atoms with Gasteiger partial charge in [-0.05, 0) is 12.1 Å². The molecule has 8 heteroatoms. The summed E-state index contributed by atoms with van der Waals surface area (Å²) in [6.07, 6.45) is -3.54. The van der Waals surface area contributed by atoms with Crippen LogP contribution in [-0.2, 0) is 6.18 Å². The second kappa shape index (κ2) is 4.13. The fraction of sp³-hybridized carbons (Fsp3) is 0.100. The molecule has 18 heavy (non-hydrogen) atoms. The predicted octanol–water partition coefficient (Wildman–Crippen LogP) is 3.00. The maximum atomic E-state index is 12.5. The van der Waals surface area contributed by atoms with Gasteiger partial charge >= 0.3 is 11.9 Å². The highest BCUT2D eigenvalue weighted by molar-refractivity contribution is 5.69. The summed E-state index contributed by atoms with van der Waals surface area (Å²) in [5.41, 5.74) is -1.22. The van der Waals surface area contributed by atoms with Crippen LogP contribution >= 0.6 is 0 Å². The van der Waals surface area contributed by atoms with Gasteiger partial charge in [0.15, 0.2) is 0 Å². The average molecular weight is 257 g/mol. The van der Waals surface area contributed by atoms with Gasteiger partial charge in [0, 0.05) is 5.56 Å². The molecular formula is C10H6F3N3O2. The Kier molecular flexibility index (Phi) is 2.77. The maximum Gasteiger partial charge on any atom is 0.416 e. The van der Waals surface area contributed by atoms with Gasteiger partial charge < -0.3 is 0 Å². The van der Waals surface area contributed by atoms with Crippen molar-refractivity contribution in [3.8, 4) is 11.3 Å². The van der Waals surface area contributed by atoms with Crippen LogP contribution in [0.2, 0.25) is 0 Å². The second-order valence-electron chi connectivity index (χ2n) is 3.47. The number of halogens is 3. The van der Waals surface area contributed by atoms with E-state index in [9.17, 15) is 23.3 Å². The molecule has 0 amide bonds. The summed E-state index contributed by atoms with van der Waals surface area (Å²) in [4.78, 5) is 9.95. The lowest BCUT2D eigenvalue weighted by atomic mass is 10.1. The molecule has 0 saturated carbocycles. The zero-order chi connectivity index (χ0) is 13.3. The van der Waals surface area contributed by atoms with Crippen molar-refractivity contribution in [2.75, 3.05) is 0 Å². The SMILES string of the molecule is O=[N+]([O-])c1cn[nH]c1-c1cccc(C(F)(F)F)c1. The quantitative estimate of drug-likeness (QED) is 0.664. The molecule has 0 saturated heterocycles. The van der Waals surface area contributed by atoms with Gasteiger partial charge in [-0.3, -0.25) is 15.2 Å². The lowest BCUT2D eigenvalue weighted by Crippen LogP contribution is -2.04. The van der Waals surface area contributed by atoms with Crippen LogP contribution in [0.4, 0.5) is 18.9 Å². The summed E-state index contributed by atoms with van der Waals surface area (Å²) in [6, 6.07) is 4.25. The van der Waals surface area contributed by atoms with Crippen LogP contribution in [0.15, 0.2) is 30.5 Å². The minimum atomic E-state index is -4.50. The maximum absolute atomic E-state index is 12.5. The summed E-state index contributed by atoms with van der Waals surface area (Å²) in [7, 11) is 0. The van der Waals surface area contributed by atoms with Gasteiger partial charge in [0.1, 0.15) is 11.9 Å². The molecule has 0 fully saturated rings. The molecular weight excluding hydrogens is 251 g/mol. The Labute approximate surface area is 98.4 Å². The van der Waals surface area contributed by atoms with Crippen molar-refractivity contribution in [1.29, 1.82) is 0 Å². The van der Waals surface area contributed by atoms with Crippen molar-refractivity contribution >= 4 is 5.69 Å². The van der Waals surface area contributed by atoms with E-state index < -0.39 is 16.7 Å². The standard InChI is InChI=1S/C10H6F3N3O2/c11-10(12,13)7-3-1-2-6(4-7)9-8(16(17)18)5-14-15-9/h1-5H,(H,14,15). The number of nitrogens with zero attached hydrogens (tertiary/aromatic N) is 2. The molecule has 0 spiro atoms. The number of rotatable bonds is 2. The smallest absolute Gasteiger partial charge is 0.271 e. The first-order chi connectivity index (χ1) is 8.39. The molecule has 2 rings (SSSR count). The largest absolute Gasteiger partial charge is 0.416 e. The Bertz CT molecular complexity index is 592. The molecule has 0 unspecified atom stereocenters. The summed E-state index contributed by atoms with van der Waals surface area (Å²) in [5.74, 6) is 0. The number of hydrogen-bond acceptors (Lipinski definition) is 3. The second-order valence-corrected chi connectivity index (χ2v) is 3.47. The summed E-state index contributed by atoms with van der Waals surface area (Å²) < 4.78 is 37.5. The average Bonchev–Trinajstić information content (AvgIpc) is 2.77. The van der Waals surface area contributed by atoms with Gasteiger partial charge in [-0.15, -0.1) is 0 Å². The summed E-state index contributed by atoms with van der Waals surface area (Å²) in [6.45, 7) is 0. The zero-order valence-corrected chi connectivity index (χ0v) is 8.73. The number of aromatic nitrogens is 2. The number of H-pyrrole nitrogens is 1. The minimum Gasteiger partial charge on any atom is -0.271 e. The normalized spacial score (nSPS) is 11.5. The Morgan fingerprint density at radius 2 is 2.06 bits per heavy atom. The van der Waals surface area contributed by atoms with Gasteiger partial charge in [-0.25, -0.2) is 0 Å². The first kappa shape index (κ1) is 12.1. The van der Waals surface area contributed by atoms with Crippen LogP contribution in [0.3, 0.4) is 0 Å².